The standard InChI is InChI=1S/C20H26N2O2.C20H16N2O/c1-3-13-12-22-9-7-14(13)10-19(22)20(23)16-6-8-21-18-5-4-15(24-2)11-17(16)18;1-13-11-19(21-17-9-5-3-7-15(13)17)23-20-12-14(2)16-8-4-6-10-18(16)22-20/h4-6,8,11,13-14,19-20,23H,3,7,9-10,12H2,1-2H3;3-12H,1-2H3/t13-,14?,19-,20+;/m1./s1. The van der Waals surface area contributed by atoms with E-state index in [1.54, 1.807) is 13.3 Å². The normalized spacial score (nSPS) is 21.0. The average molecular weight is 627 g/mol. The largest absolute Gasteiger partial charge is 0.497 e. The number of hydrogen-bond donors (Lipinski definition) is 1. The first-order valence-electron chi connectivity index (χ1n) is 16.7. The van der Waals surface area contributed by atoms with Crippen LogP contribution in [0.4, 0.5) is 0 Å². The van der Waals surface area contributed by atoms with Gasteiger partial charge >= 0.3 is 0 Å². The lowest BCUT2D eigenvalue weighted by Gasteiger charge is -2.51. The lowest BCUT2D eigenvalue weighted by Crippen LogP contribution is -2.55. The number of piperidine rings is 3. The molecule has 6 aromatic rings. The fraction of sp³-hybridized carbons (Fsp3) is 0.325. The van der Waals surface area contributed by atoms with E-state index >= 15 is 0 Å². The number of ether oxygens (including phenoxy) is 2. The van der Waals surface area contributed by atoms with E-state index in [1.165, 1.54) is 12.8 Å². The highest BCUT2D eigenvalue weighted by Crippen LogP contribution is 2.43. The summed E-state index contributed by atoms with van der Waals surface area (Å²) in [5, 5.41) is 14.5. The number of aromatic nitrogens is 3. The predicted molar refractivity (Wildman–Crippen MR) is 188 cm³/mol. The van der Waals surface area contributed by atoms with Crippen LogP contribution in [0.2, 0.25) is 0 Å². The Hall–Kier alpha value is -4.59. The second-order valence-corrected chi connectivity index (χ2v) is 12.9. The van der Waals surface area contributed by atoms with Crippen LogP contribution >= 0.6 is 0 Å². The van der Waals surface area contributed by atoms with Crippen molar-refractivity contribution in [1.82, 2.24) is 19.9 Å². The fourth-order valence-electron chi connectivity index (χ4n) is 7.56. The molecule has 0 radical (unpaired) electrons. The Labute approximate surface area is 276 Å². The van der Waals surface area contributed by atoms with Crippen molar-refractivity contribution >= 4 is 32.7 Å². The molecule has 6 heterocycles. The summed E-state index contributed by atoms with van der Waals surface area (Å²) in [6.45, 7) is 8.68. The third-order valence-corrected chi connectivity index (χ3v) is 10.1. The number of aliphatic hydroxyl groups excluding tert-OH is 1. The lowest BCUT2D eigenvalue weighted by atomic mass is 9.72. The van der Waals surface area contributed by atoms with Gasteiger partial charge in [0.15, 0.2) is 0 Å². The van der Waals surface area contributed by atoms with Crippen molar-refractivity contribution in [2.24, 2.45) is 11.8 Å². The number of fused-ring (bicyclic) bond motifs is 6. The number of aryl methyl sites for hydroxylation is 2. The molecule has 47 heavy (non-hydrogen) atoms. The SMILES string of the molecule is CC[C@@H]1CN2CCC1C[C@@H]2[C@@H](O)c1ccnc2ccc(OC)cc12.Cc1cc(Oc2cc(C)c3ccccc3n2)nc2ccccc12. The summed E-state index contributed by atoms with van der Waals surface area (Å²) in [5.41, 5.74) is 6.03. The van der Waals surface area contributed by atoms with Crippen LogP contribution in [0.3, 0.4) is 0 Å². The first kappa shape index (κ1) is 31.0. The zero-order valence-corrected chi connectivity index (χ0v) is 27.6. The number of rotatable bonds is 6. The van der Waals surface area contributed by atoms with Gasteiger partial charge in [-0.1, -0.05) is 49.7 Å². The molecule has 0 saturated carbocycles. The van der Waals surface area contributed by atoms with Crippen molar-refractivity contribution in [2.75, 3.05) is 20.2 Å². The zero-order valence-electron chi connectivity index (χ0n) is 27.6. The summed E-state index contributed by atoms with van der Waals surface area (Å²) in [5.74, 6) is 3.52. The number of hydrogen-bond acceptors (Lipinski definition) is 7. The van der Waals surface area contributed by atoms with E-state index in [9.17, 15) is 5.11 Å². The van der Waals surface area contributed by atoms with Crippen molar-refractivity contribution in [2.45, 2.75) is 52.2 Å². The maximum Gasteiger partial charge on any atom is 0.222 e. The highest BCUT2D eigenvalue weighted by molar-refractivity contribution is 5.85. The molecule has 0 spiro atoms. The molecule has 7 heteroatoms. The number of pyridine rings is 3. The molecular weight excluding hydrogens is 584 g/mol. The van der Waals surface area contributed by atoms with Crippen LogP contribution in [0.5, 0.6) is 17.5 Å². The van der Waals surface area contributed by atoms with Crippen LogP contribution in [0, 0.1) is 25.7 Å². The first-order chi connectivity index (χ1) is 22.9. The number of aliphatic hydroxyl groups is 1. The van der Waals surface area contributed by atoms with Crippen molar-refractivity contribution in [3.63, 3.8) is 0 Å². The summed E-state index contributed by atoms with van der Waals surface area (Å²) >= 11 is 0. The molecule has 5 atom stereocenters. The van der Waals surface area contributed by atoms with E-state index < -0.39 is 6.10 Å². The topological polar surface area (TPSA) is 80.6 Å². The fourth-order valence-corrected chi connectivity index (χ4v) is 7.56. The van der Waals surface area contributed by atoms with Gasteiger partial charge in [-0.15, -0.1) is 0 Å². The quantitative estimate of drug-likeness (QED) is 0.198. The highest BCUT2D eigenvalue weighted by Gasteiger charge is 2.42. The van der Waals surface area contributed by atoms with E-state index in [1.807, 2.05) is 72.8 Å². The number of methoxy groups -OCH3 is 1. The van der Waals surface area contributed by atoms with Crippen LogP contribution in [0.1, 0.15) is 49.0 Å². The Balaban J connectivity index is 0.000000150. The van der Waals surface area contributed by atoms with Crippen LogP contribution < -0.4 is 9.47 Å². The molecule has 2 unspecified atom stereocenters. The monoisotopic (exact) mass is 626 g/mol. The van der Waals surface area contributed by atoms with Gasteiger partial charge in [-0.25, -0.2) is 9.97 Å². The second-order valence-electron chi connectivity index (χ2n) is 12.9. The third-order valence-electron chi connectivity index (χ3n) is 10.1. The summed E-state index contributed by atoms with van der Waals surface area (Å²) < 4.78 is 11.3. The van der Waals surface area contributed by atoms with Crippen molar-refractivity contribution in [1.29, 1.82) is 0 Å². The van der Waals surface area contributed by atoms with E-state index in [-0.39, 0.29) is 6.04 Å². The van der Waals surface area contributed by atoms with Gasteiger partial charge in [0.1, 0.15) is 5.75 Å². The van der Waals surface area contributed by atoms with Gasteiger partial charge in [-0.3, -0.25) is 9.88 Å². The molecule has 3 aliphatic rings. The van der Waals surface area contributed by atoms with Gasteiger partial charge in [-0.2, -0.15) is 0 Å². The Morgan fingerprint density at radius 2 is 1.49 bits per heavy atom. The lowest BCUT2D eigenvalue weighted by molar-refractivity contribution is -0.0562. The Kier molecular flexibility index (Phi) is 8.76. The first-order valence-corrected chi connectivity index (χ1v) is 16.7. The van der Waals surface area contributed by atoms with Crippen LogP contribution in [-0.2, 0) is 0 Å². The van der Waals surface area contributed by atoms with Crippen LogP contribution in [-0.4, -0.2) is 51.2 Å². The Bertz CT molecular complexity index is 1960. The summed E-state index contributed by atoms with van der Waals surface area (Å²) in [6.07, 6.45) is 4.97. The number of nitrogens with zero attached hydrogens (tertiary/aromatic N) is 4. The van der Waals surface area contributed by atoms with Gasteiger partial charge in [0.05, 0.1) is 29.8 Å². The molecule has 9 rings (SSSR count). The van der Waals surface area contributed by atoms with Crippen LogP contribution in [0.15, 0.2) is 91.1 Å². The third kappa shape index (κ3) is 6.25. The average Bonchev–Trinajstić information content (AvgIpc) is 3.11. The molecule has 3 aromatic heterocycles. The van der Waals surface area contributed by atoms with Crippen molar-refractivity contribution in [3.05, 3.63) is 108 Å². The van der Waals surface area contributed by atoms with Crippen molar-refractivity contribution < 1.29 is 14.6 Å². The summed E-state index contributed by atoms with van der Waals surface area (Å²) in [7, 11) is 1.67. The molecule has 3 aromatic carbocycles. The molecule has 240 valence electrons. The maximum absolute atomic E-state index is 11.2. The van der Waals surface area contributed by atoms with E-state index in [0.717, 1.165) is 86.5 Å². The molecule has 3 aliphatic heterocycles. The second kappa shape index (κ2) is 13.3. The van der Waals surface area contributed by atoms with E-state index in [2.05, 4.69) is 52.8 Å². The Morgan fingerprint density at radius 3 is 2.09 bits per heavy atom. The minimum absolute atomic E-state index is 0.225. The molecule has 1 N–H and O–H groups in total. The molecule has 2 bridgehead atoms. The van der Waals surface area contributed by atoms with Gasteiger partial charge < -0.3 is 14.6 Å². The van der Waals surface area contributed by atoms with E-state index in [0.29, 0.717) is 11.8 Å². The number of benzene rings is 3. The van der Waals surface area contributed by atoms with Gasteiger partial charge in [0, 0.05) is 47.1 Å². The summed E-state index contributed by atoms with van der Waals surface area (Å²) in [4.78, 5) is 16.1. The minimum atomic E-state index is -0.469. The summed E-state index contributed by atoms with van der Waals surface area (Å²) in [6, 6.07) is 28.1. The molecule has 3 fully saturated rings. The molecular formula is C40H42N4O3. The zero-order chi connectivity index (χ0) is 32.5. The molecule has 0 amide bonds. The van der Waals surface area contributed by atoms with Crippen molar-refractivity contribution in [3.8, 4) is 17.5 Å². The van der Waals surface area contributed by atoms with Gasteiger partial charge in [0.25, 0.3) is 0 Å². The van der Waals surface area contributed by atoms with Crippen LogP contribution in [0.25, 0.3) is 32.7 Å². The van der Waals surface area contributed by atoms with E-state index in [4.69, 9.17) is 9.47 Å². The maximum atomic E-state index is 11.2. The smallest absolute Gasteiger partial charge is 0.222 e. The molecule has 7 nitrogen and oxygen atoms in total. The molecule has 0 aliphatic carbocycles. The Morgan fingerprint density at radius 1 is 0.830 bits per heavy atom. The van der Waals surface area contributed by atoms with Gasteiger partial charge in [-0.05, 0) is 98.2 Å². The number of para-hydroxylation sites is 2. The molecule has 3 saturated heterocycles. The highest BCUT2D eigenvalue weighted by atomic mass is 16.5. The van der Waals surface area contributed by atoms with Gasteiger partial charge in [0.2, 0.25) is 11.8 Å². The minimum Gasteiger partial charge on any atom is -0.497 e. The predicted octanol–water partition coefficient (Wildman–Crippen LogP) is 8.59.